The Balaban J connectivity index is 1.87. The zero-order valence-corrected chi connectivity index (χ0v) is 14.8. The molecule has 0 bridgehead atoms. The maximum Gasteiger partial charge on any atom is 0.243 e. The summed E-state index contributed by atoms with van der Waals surface area (Å²) < 4.78 is 38.0. The smallest absolute Gasteiger partial charge is 0.243 e. The molecule has 7 heteroatoms. The molecule has 0 saturated heterocycles. The summed E-state index contributed by atoms with van der Waals surface area (Å²) in [5, 5.41) is 0.540. The fourth-order valence-corrected chi connectivity index (χ4v) is 3.80. The molecule has 0 saturated carbocycles. The van der Waals surface area contributed by atoms with Gasteiger partial charge in [-0.1, -0.05) is 29.8 Å². The lowest BCUT2D eigenvalue weighted by atomic mass is 10.2. The van der Waals surface area contributed by atoms with E-state index in [0.717, 1.165) is 12.0 Å². The molecule has 0 N–H and O–H groups in total. The van der Waals surface area contributed by atoms with Gasteiger partial charge in [0.1, 0.15) is 0 Å². The van der Waals surface area contributed by atoms with Crippen molar-refractivity contribution in [1.82, 2.24) is 4.31 Å². The third-order valence-electron chi connectivity index (χ3n) is 3.78. The first-order valence-corrected chi connectivity index (χ1v) is 9.40. The van der Waals surface area contributed by atoms with Crippen molar-refractivity contribution in [3.05, 3.63) is 53.1 Å². The fourth-order valence-electron chi connectivity index (χ4n) is 2.44. The summed E-state index contributed by atoms with van der Waals surface area (Å²) in [4.78, 5) is 0.168. The molecule has 0 aliphatic carbocycles. The van der Waals surface area contributed by atoms with Crippen molar-refractivity contribution in [2.24, 2.45) is 0 Å². The molecule has 0 radical (unpaired) electrons. The van der Waals surface area contributed by atoms with Gasteiger partial charge < -0.3 is 9.47 Å². The van der Waals surface area contributed by atoms with Crippen LogP contribution in [0.4, 0.5) is 0 Å². The molecule has 0 fully saturated rings. The molecular formula is C17H18ClNO4S. The van der Waals surface area contributed by atoms with Gasteiger partial charge in [0.15, 0.2) is 11.5 Å². The van der Waals surface area contributed by atoms with Gasteiger partial charge in [0, 0.05) is 31.1 Å². The zero-order valence-electron chi connectivity index (χ0n) is 13.2. The second kappa shape index (κ2) is 7.01. The first-order valence-electron chi connectivity index (χ1n) is 7.58. The van der Waals surface area contributed by atoms with E-state index in [2.05, 4.69) is 0 Å². The molecule has 0 unspecified atom stereocenters. The van der Waals surface area contributed by atoms with Gasteiger partial charge in [-0.3, -0.25) is 0 Å². The Bertz CT molecular complexity index is 838. The number of sulfonamides is 1. The SMILES string of the molecule is CN(Cc1ccccc1Cl)S(=O)(=O)c1ccc2c(c1)OCCCO2. The van der Waals surface area contributed by atoms with Gasteiger partial charge >= 0.3 is 0 Å². The molecule has 3 rings (SSSR count). The van der Waals surface area contributed by atoms with Crippen LogP contribution < -0.4 is 9.47 Å². The van der Waals surface area contributed by atoms with Crippen molar-refractivity contribution >= 4 is 21.6 Å². The number of halogens is 1. The van der Waals surface area contributed by atoms with Gasteiger partial charge in [-0.2, -0.15) is 4.31 Å². The Labute approximate surface area is 146 Å². The maximum absolute atomic E-state index is 12.8. The zero-order chi connectivity index (χ0) is 17.2. The second-order valence-electron chi connectivity index (χ2n) is 5.51. The van der Waals surface area contributed by atoms with Crippen LogP contribution in [0.2, 0.25) is 5.02 Å². The normalized spacial score (nSPS) is 14.5. The summed E-state index contributed by atoms with van der Waals surface area (Å²) in [5.74, 6) is 1.03. The molecule has 0 spiro atoms. The molecule has 2 aromatic carbocycles. The van der Waals surface area contributed by atoms with Crippen LogP contribution in [0.3, 0.4) is 0 Å². The van der Waals surface area contributed by atoms with Crippen molar-refractivity contribution in [2.75, 3.05) is 20.3 Å². The van der Waals surface area contributed by atoms with Crippen molar-refractivity contribution in [3.63, 3.8) is 0 Å². The van der Waals surface area contributed by atoms with E-state index < -0.39 is 10.0 Å². The minimum Gasteiger partial charge on any atom is -0.490 e. The summed E-state index contributed by atoms with van der Waals surface area (Å²) in [7, 11) is -2.13. The highest BCUT2D eigenvalue weighted by atomic mass is 35.5. The van der Waals surface area contributed by atoms with Crippen molar-refractivity contribution in [1.29, 1.82) is 0 Å². The van der Waals surface area contributed by atoms with Crippen molar-refractivity contribution < 1.29 is 17.9 Å². The van der Waals surface area contributed by atoms with Crippen LogP contribution in [-0.4, -0.2) is 33.0 Å². The van der Waals surface area contributed by atoms with Gasteiger partial charge in [0.2, 0.25) is 10.0 Å². The monoisotopic (exact) mass is 367 g/mol. The Morgan fingerprint density at radius 3 is 2.54 bits per heavy atom. The largest absolute Gasteiger partial charge is 0.490 e. The van der Waals surface area contributed by atoms with E-state index in [0.29, 0.717) is 29.7 Å². The number of rotatable bonds is 4. The Morgan fingerprint density at radius 2 is 1.79 bits per heavy atom. The molecule has 5 nitrogen and oxygen atoms in total. The molecule has 24 heavy (non-hydrogen) atoms. The van der Waals surface area contributed by atoms with E-state index >= 15 is 0 Å². The van der Waals surface area contributed by atoms with Crippen molar-refractivity contribution in [2.45, 2.75) is 17.9 Å². The van der Waals surface area contributed by atoms with Gasteiger partial charge in [0.25, 0.3) is 0 Å². The summed E-state index contributed by atoms with van der Waals surface area (Å²) in [6.07, 6.45) is 0.767. The predicted octanol–water partition coefficient (Wildman–Crippen LogP) is 3.32. The number of benzene rings is 2. The lowest BCUT2D eigenvalue weighted by Crippen LogP contribution is -2.26. The van der Waals surface area contributed by atoms with Gasteiger partial charge in [-0.15, -0.1) is 0 Å². The highest BCUT2D eigenvalue weighted by Crippen LogP contribution is 2.33. The molecule has 1 aliphatic rings. The van der Waals surface area contributed by atoms with Crippen LogP contribution in [0.25, 0.3) is 0 Å². The van der Waals surface area contributed by atoms with Crippen molar-refractivity contribution in [3.8, 4) is 11.5 Å². The fraction of sp³-hybridized carbons (Fsp3) is 0.294. The minimum atomic E-state index is -3.66. The second-order valence-corrected chi connectivity index (χ2v) is 7.96. The first-order chi connectivity index (χ1) is 11.5. The van der Waals surface area contributed by atoms with Crippen LogP contribution >= 0.6 is 11.6 Å². The summed E-state index contributed by atoms with van der Waals surface area (Å²) in [6.45, 7) is 1.26. The number of hydrogen-bond acceptors (Lipinski definition) is 4. The highest BCUT2D eigenvalue weighted by molar-refractivity contribution is 7.89. The van der Waals surface area contributed by atoms with E-state index in [-0.39, 0.29) is 11.4 Å². The molecule has 1 aliphatic heterocycles. The number of ether oxygens (including phenoxy) is 2. The molecule has 0 atom stereocenters. The number of nitrogens with zero attached hydrogens (tertiary/aromatic N) is 1. The number of hydrogen-bond donors (Lipinski definition) is 0. The van der Waals surface area contributed by atoms with E-state index in [1.54, 1.807) is 12.1 Å². The first kappa shape index (κ1) is 17.1. The standard InChI is InChI=1S/C17H18ClNO4S/c1-19(12-13-5-2-3-6-15(13)18)24(20,21)14-7-8-16-17(11-14)23-10-4-9-22-16/h2-3,5-8,11H,4,9-10,12H2,1H3. The third-order valence-corrected chi connectivity index (χ3v) is 5.95. The number of fused-ring (bicyclic) bond motifs is 1. The Morgan fingerprint density at radius 1 is 1.08 bits per heavy atom. The molecule has 2 aromatic rings. The maximum atomic E-state index is 12.8. The van der Waals surface area contributed by atoms with Crippen LogP contribution in [0.1, 0.15) is 12.0 Å². The van der Waals surface area contributed by atoms with E-state index in [1.807, 2.05) is 18.2 Å². The third kappa shape index (κ3) is 3.50. The quantitative estimate of drug-likeness (QED) is 0.831. The van der Waals surface area contributed by atoms with E-state index in [4.69, 9.17) is 21.1 Å². The Kier molecular flexibility index (Phi) is 4.99. The van der Waals surface area contributed by atoms with Gasteiger partial charge in [-0.05, 0) is 23.8 Å². The molecule has 0 aromatic heterocycles. The average Bonchev–Trinajstić information content (AvgIpc) is 2.81. The molecule has 0 amide bonds. The average molecular weight is 368 g/mol. The Hall–Kier alpha value is -1.76. The lowest BCUT2D eigenvalue weighted by Gasteiger charge is -2.19. The molecule has 1 heterocycles. The predicted molar refractivity (Wildman–Crippen MR) is 92.2 cm³/mol. The van der Waals surface area contributed by atoms with Gasteiger partial charge in [-0.25, -0.2) is 8.42 Å². The minimum absolute atomic E-state index is 0.168. The summed E-state index contributed by atoms with van der Waals surface area (Å²) in [6, 6.07) is 11.9. The topological polar surface area (TPSA) is 55.8 Å². The summed E-state index contributed by atoms with van der Waals surface area (Å²) in [5.41, 5.74) is 0.750. The lowest BCUT2D eigenvalue weighted by molar-refractivity contribution is 0.297. The molecular weight excluding hydrogens is 350 g/mol. The van der Waals surface area contributed by atoms with Crippen LogP contribution in [0.15, 0.2) is 47.4 Å². The van der Waals surface area contributed by atoms with Crippen LogP contribution in [0.5, 0.6) is 11.5 Å². The highest BCUT2D eigenvalue weighted by Gasteiger charge is 2.24. The van der Waals surface area contributed by atoms with Crippen LogP contribution in [-0.2, 0) is 16.6 Å². The van der Waals surface area contributed by atoms with Crippen LogP contribution in [0, 0.1) is 0 Å². The summed E-state index contributed by atoms with van der Waals surface area (Å²) >= 11 is 6.12. The van der Waals surface area contributed by atoms with E-state index in [9.17, 15) is 8.42 Å². The van der Waals surface area contributed by atoms with E-state index in [1.165, 1.54) is 23.5 Å². The van der Waals surface area contributed by atoms with Gasteiger partial charge in [0.05, 0.1) is 18.1 Å². The molecule has 128 valence electrons.